The van der Waals surface area contributed by atoms with Gasteiger partial charge in [0.15, 0.2) is 0 Å². The van der Waals surface area contributed by atoms with E-state index in [2.05, 4.69) is 0 Å². The Kier molecular flexibility index (Phi) is 5.21. The number of cyclic esters (lactones) is 1. The second kappa shape index (κ2) is 7.17. The van der Waals surface area contributed by atoms with Crippen molar-refractivity contribution in [3.8, 4) is 0 Å². The van der Waals surface area contributed by atoms with Crippen LogP contribution in [0.25, 0.3) is 0 Å². The molecule has 1 saturated heterocycles. The number of hydrogen-bond donors (Lipinski definition) is 0. The molecule has 2 rings (SSSR count). The Balaban J connectivity index is 1.64. The molecule has 0 aromatic heterocycles. The molecule has 0 saturated carbocycles. The third-order valence-electron chi connectivity index (χ3n) is 3.15. The van der Waals surface area contributed by atoms with Crippen molar-refractivity contribution in [3.63, 3.8) is 0 Å². The first kappa shape index (κ1) is 13.1. The van der Waals surface area contributed by atoms with Gasteiger partial charge in [0, 0.05) is 12.8 Å². The molecule has 3 nitrogen and oxygen atoms in total. The predicted octanol–water partition coefficient (Wildman–Crippen LogP) is 3.08. The van der Waals surface area contributed by atoms with Crippen molar-refractivity contribution in [2.45, 2.75) is 44.8 Å². The van der Waals surface area contributed by atoms with Crippen molar-refractivity contribution >= 4 is 5.97 Å². The van der Waals surface area contributed by atoms with E-state index < -0.39 is 0 Å². The average Bonchev–Trinajstić information content (AvgIpc) is 2.60. The maximum Gasteiger partial charge on any atom is 0.306 e. The van der Waals surface area contributed by atoms with Gasteiger partial charge in [-0.3, -0.25) is 4.79 Å². The van der Waals surface area contributed by atoms with Gasteiger partial charge in [0.2, 0.25) is 0 Å². The van der Waals surface area contributed by atoms with E-state index in [0.717, 1.165) is 25.7 Å². The number of rotatable bonds is 5. The summed E-state index contributed by atoms with van der Waals surface area (Å²) in [6.07, 6.45) is 4.44. The minimum Gasteiger partial charge on any atom is -0.462 e. The molecule has 0 radical (unpaired) electrons. The molecular weight excluding hydrogens is 228 g/mol. The predicted molar refractivity (Wildman–Crippen MR) is 69.1 cm³/mol. The Bertz CT molecular complexity index is 361. The second-order valence-electron chi connectivity index (χ2n) is 4.68. The highest BCUT2D eigenvalue weighted by Crippen LogP contribution is 2.16. The first-order valence-electron chi connectivity index (χ1n) is 6.66. The lowest BCUT2D eigenvalue weighted by molar-refractivity contribution is -0.148. The molecule has 1 aliphatic heterocycles. The molecule has 1 fully saturated rings. The summed E-state index contributed by atoms with van der Waals surface area (Å²) in [7, 11) is 0. The standard InChI is InChI=1S/C15H20O3/c16-15-9-5-4-8-14(18-15)10-11-17-12-13-6-2-1-3-7-13/h1-3,6-7,14H,4-5,8-12H2. The first-order chi connectivity index (χ1) is 8.84. The molecule has 1 aromatic carbocycles. The van der Waals surface area contributed by atoms with E-state index in [1.165, 1.54) is 5.56 Å². The molecule has 1 heterocycles. The molecule has 0 amide bonds. The van der Waals surface area contributed by atoms with Crippen molar-refractivity contribution < 1.29 is 14.3 Å². The molecule has 0 bridgehead atoms. The lowest BCUT2D eigenvalue weighted by Gasteiger charge is -2.14. The summed E-state index contributed by atoms with van der Waals surface area (Å²) in [5, 5.41) is 0. The summed E-state index contributed by atoms with van der Waals surface area (Å²) in [5.41, 5.74) is 1.18. The number of carbonyl (C=O) groups excluding carboxylic acids is 1. The molecule has 1 aromatic rings. The van der Waals surface area contributed by atoms with Gasteiger partial charge in [-0.25, -0.2) is 0 Å². The van der Waals surface area contributed by atoms with Crippen molar-refractivity contribution in [3.05, 3.63) is 35.9 Å². The molecule has 1 unspecified atom stereocenters. The van der Waals surface area contributed by atoms with Crippen LogP contribution >= 0.6 is 0 Å². The molecule has 0 N–H and O–H groups in total. The van der Waals surface area contributed by atoms with E-state index in [1.807, 2.05) is 30.3 Å². The molecule has 1 aliphatic rings. The fraction of sp³-hybridized carbons (Fsp3) is 0.533. The van der Waals surface area contributed by atoms with E-state index in [0.29, 0.717) is 19.6 Å². The van der Waals surface area contributed by atoms with E-state index in [-0.39, 0.29) is 12.1 Å². The van der Waals surface area contributed by atoms with Crippen LogP contribution in [0, 0.1) is 0 Å². The summed E-state index contributed by atoms with van der Waals surface area (Å²) >= 11 is 0. The first-order valence-corrected chi connectivity index (χ1v) is 6.66. The van der Waals surface area contributed by atoms with E-state index >= 15 is 0 Å². The van der Waals surface area contributed by atoms with Gasteiger partial charge in [0.1, 0.15) is 6.10 Å². The average molecular weight is 248 g/mol. The van der Waals surface area contributed by atoms with E-state index in [4.69, 9.17) is 9.47 Å². The highest BCUT2D eigenvalue weighted by atomic mass is 16.5. The maximum absolute atomic E-state index is 11.3. The number of benzene rings is 1. The zero-order valence-corrected chi connectivity index (χ0v) is 10.6. The molecule has 1 atom stereocenters. The molecular formula is C15H20O3. The van der Waals surface area contributed by atoms with E-state index in [1.54, 1.807) is 0 Å². The largest absolute Gasteiger partial charge is 0.462 e. The van der Waals surface area contributed by atoms with Gasteiger partial charge in [-0.15, -0.1) is 0 Å². The minimum atomic E-state index is -0.0550. The number of carbonyl (C=O) groups is 1. The van der Waals surface area contributed by atoms with Gasteiger partial charge >= 0.3 is 5.97 Å². The van der Waals surface area contributed by atoms with Gasteiger partial charge in [0.25, 0.3) is 0 Å². The highest BCUT2D eigenvalue weighted by Gasteiger charge is 2.17. The maximum atomic E-state index is 11.3. The van der Waals surface area contributed by atoms with Crippen LogP contribution in [0.3, 0.4) is 0 Å². The van der Waals surface area contributed by atoms with Crippen molar-refractivity contribution in [1.29, 1.82) is 0 Å². The number of hydrogen-bond acceptors (Lipinski definition) is 3. The molecule has 18 heavy (non-hydrogen) atoms. The van der Waals surface area contributed by atoms with Crippen molar-refractivity contribution in [2.75, 3.05) is 6.61 Å². The molecule has 0 aliphatic carbocycles. The Hall–Kier alpha value is -1.35. The monoisotopic (exact) mass is 248 g/mol. The minimum absolute atomic E-state index is 0.0516. The smallest absolute Gasteiger partial charge is 0.306 e. The second-order valence-corrected chi connectivity index (χ2v) is 4.68. The van der Waals surface area contributed by atoms with Crippen LogP contribution in [0.5, 0.6) is 0 Å². The fourth-order valence-electron chi connectivity index (χ4n) is 2.13. The molecule has 0 spiro atoms. The summed E-state index contributed by atoms with van der Waals surface area (Å²) < 4.78 is 11.0. The van der Waals surface area contributed by atoms with Crippen molar-refractivity contribution in [1.82, 2.24) is 0 Å². The Morgan fingerprint density at radius 1 is 1.22 bits per heavy atom. The number of ether oxygens (including phenoxy) is 2. The molecule has 3 heteroatoms. The van der Waals surface area contributed by atoms with Crippen LogP contribution in [-0.2, 0) is 20.9 Å². The fourth-order valence-corrected chi connectivity index (χ4v) is 2.13. The topological polar surface area (TPSA) is 35.5 Å². The van der Waals surface area contributed by atoms with Gasteiger partial charge in [-0.1, -0.05) is 30.3 Å². The summed E-state index contributed by atoms with van der Waals surface area (Å²) in [4.78, 5) is 11.3. The Morgan fingerprint density at radius 3 is 2.89 bits per heavy atom. The summed E-state index contributed by atoms with van der Waals surface area (Å²) in [5.74, 6) is -0.0550. The van der Waals surface area contributed by atoms with Crippen LogP contribution in [0.2, 0.25) is 0 Å². The zero-order chi connectivity index (χ0) is 12.6. The van der Waals surface area contributed by atoms with Gasteiger partial charge in [-0.2, -0.15) is 0 Å². The SMILES string of the molecule is O=C1CCCCC(CCOCc2ccccc2)O1. The normalized spacial score (nSPS) is 20.2. The van der Waals surface area contributed by atoms with Crippen LogP contribution in [0.1, 0.15) is 37.7 Å². The Morgan fingerprint density at radius 2 is 2.06 bits per heavy atom. The lowest BCUT2D eigenvalue weighted by Crippen LogP contribution is -2.17. The third kappa shape index (κ3) is 4.49. The van der Waals surface area contributed by atoms with Crippen LogP contribution < -0.4 is 0 Å². The van der Waals surface area contributed by atoms with Crippen LogP contribution in [-0.4, -0.2) is 18.7 Å². The van der Waals surface area contributed by atoms with Gasteiger partial charge < -0.3 is 9.47 Å². The van der Waals surface area contributed by atoms with Gasteiger partial charge in [0.05, 0.1) is 13.2 Å². The zero-order valence-electron chi connectivity index (χ0n) is 10.6. The summed E-state index contributed by atoms with van der Waals surface area (Å²) in [6, 6.07) is 10.1. The Labute approximate surface area is 108 Å². The highest BCUT2D eigenvalue weighted by molar-refractivity contribution is 5.69. The van der Waals surface area contributed by atoms with Crippen LogP contribution in [0.15, 0.2) is 30.3 Å². The van der Waals surface area contributed by atoms with Crippen molar-refractivity contribution in [2.24, 2.45) is 0 Å². The quantitative estimate of drug-likeness (QED) is 0.593. The third-order valence-corrected chi connectivity index (χ3v) is 3.15. The number of esters is 1. The lowest BCUT2D eigenvalue weighted by atomic mass is 10.1. The van der Waals surface area contributed by atoms with Gasteiger partial charge in [-0.05, 0) is 24.8 Å². The summed E-state index contributed by atoms with van der Waals surface area (Å²) in [6.45, 7) is 1.27. The molecule has 98 valence electrons. The van der Waals surface area contributed by atoms with Crippen LogP contribution in [0.4, 0.5) is 0 Å². The van der Waals surface area contributed by atoms with E-state index in [9.17, 15) is 4.79 Å².